The Hall–Kier alpha value is -4.76. The van der Waals surface area contributed by atoms with Gasteiger partial charge in [0.1, 0.15) is 6.04 Å². The first-order valence-electron chi connectivity index (χ1n) is 17.2. The maximum absolute atomic E-state index is 14.2. The topological polar surface area (TPSA) is 138 Å². The predicted octanol–water partition coefficient (Wildman–Crippen LogP) is 6.82. The molecule has 4 aromatic carbocycles. The minimum absolute atomic E-state index is 0.0121. The lowest BCUT2D eigenvalue weighted by atomic mass is 9.81. The van der Waals surface area contributed by atoms with Gasteiger partial charge in [0.25, 0.3) is 0 Å². The Kier molecular flexibility index (Phi) is 11.8. The van der Waals surface area contributed by atoms with E-state index in [4.69, 9.17) is 4.74 Å². The Labute approximate surface area is 310 Å². The molecule has 0 spiro atoms. The molecule has 0 radical (unpaired) electrons. The van der Waals surface area contributed by atoms with Gasteiger partial charge in [0.2, 0.25) is 21.9 Å². The van der Waals surface area contributed by atoms with Gasteiger partial charge < -0.3 is 20.5 Å². The monoisotopic (exact) mass is 762 g/mol. The number of aryl methyl sites for hydroxylation is 1. The Balaban J connectivity index is 1.26. The number of carbonyl (C=O) groups is 2. The van der Waals surface area contributed by atoms with Crippen LogP contribution in [0.4, 0.5) is 19.3 Å². The Morgan fingerprint density at radius 1 is 0.981 bits per heavy atom. The van der Waals surface area contributed by atoms with Crippen molar-refractivity contribution in [2.24, 2.45) is 5.92 Å². The van der Waals surface area contributed by atoms with Gasteiger partial charge in [-0.15, -0.1) is 11.3 Å². The smallest absolute Gasteiger partial charge is 0.407 e. The summed E-state index contributed by atoms with van der Waals surface area (Å²) in [4.78, 5) is 31.0. The van der Waals surface area contributed by atoms with Crippen LogP contribution in [-0.2, 0) is 26.0 Å². The number of hydrogen-bond acceptors (Lipinski definition) is 8. The average Bonchev–Trinajstić information content (AvgIpc) is 3.63. The third-order valence-electron chi connectivity index (χ3n) is 9.55. The molecule has 0 aliphatic heterocycles. The number of ether oxygens (including phenoxy) is 1. The summed E-state index contributed by atoms with van der Waals surface area (Å²) in [6, 6.07) is 28.1. The second-order valence-corrected chi connectivity index (χ2v) is 15.9. The summed E-state index contributed by atoms with van der Waals surface area (Å²) in [5, 5.41) is 16.3. The number of nitrogens with zero attached hydrogens (tertiary/aromatic N) is 2. The van der Waals surface area contributed by atoms with E-state index in [1.54, 1.807) is 35.8 Å². The normalized spacial score (nSPS) is 15.5. The number of hydrogen-bond donors (Lipinski definition) is 3. The molecule has 278 valence electrons. The number of anilines is 1. The van der Waals surface area contributed by atoms with Gasteiger partial charge in [0.15, 0.2) is 0 Å². The SMILES string of the molecule is COC(=O)N[C@H](C(=O)Nc1ccccc1CC[C@@H](CO)N(CC1CC(F)(F)C1)S(=O)(=O)c1ccc2ncsc2c1)C(c1ccccc1)c1ccccc1. The number of amides is 2. The molecular formula is C39H40F2N4O6S2. The molecule has 1 saturated carbocycles. The molecule has 1 heterocycles. The van der Waals surface area contributed by atoms with Crippen molar-refractivity contribution in [3.8, 4) is 0 Å². The van der Waals surface area contributed by atoms with Gasteiger partial charge in [0, 0.05) is 37.0 Å². The van der Waals surface area contributed by atoms with Gasteiger partial charge in [-0.05, 0) is 59.7 Å². The molecule has 14 heteroatoms. The number of aliphatic hydroxyl groups excluding tert-OH is 1. The van der Waals surface area contributed by atoms with Crippen LogP contribution in [0.15, 0.2) is 114 Å². The third-order valence-corrected chi connectivity index (χ3v) is 12.3. The van der Waals surface area contributed by atoms with Gasteiger partial charge >= 0.3 is 6.09 Å². The number of nitrogens with one attached hydrogen (secondary N) is 2. The molecule has 0 bridgehead atoms. The van der Waals surface area contributed by atoms with Crippen LogP contribution in [0.2, 0.25) is 0 Å². The molecule has 1 aliphatic carbocycles. The van der Waals surface area contributed by atoms with E-state index in [0.717, 1.165) is 15.4 Å². The summed E-state index contributed by atoms with van der Waals surface area (Å²) in [6.07, 6.45) is -1.32. The van der Waals surface area contributed by atoms with E-state index in [2.05, 4.69) is 15.6 Å². The highest BCUT2D eigenvalue weighted by Crippen LogP contribution is 2.43. The second-order valence-electron chi connectivity index (χ2n) is 13.1. The molecule has 1 fully saturated rings. The minimum Gasteiger partial charge on any atom is -0.453 e. The maximum atomic E-state index is 14.2. The van der Waals surface area contributed by atoms with Crippen LogP contribution in [0.3, 0.4) is 0 Å². The number of sulfonamides is 1. The van der Waals surface area contributed by atoms with Gasteiger partial charge in [-0.25, -0.2) is 27.0 Å². The fraction of sp³-hybridized carbons (Fsp3) is 0.308. The van der Waals surface area contributed by atoms with E-state index in [0.29, 0.717) is 21.5 Å². The van der Waals surface area contributed by atoms with Crippen molar-refractivity contribution in [3.05, 3.63) is 125 Å². The van der Waals surface area contributed by atoms with Crippen molar-refractivity contribution >= 4 is 49.3 Å². The highest BCUT2D eigenvalue weighted by molar-refractivity contribution is 7.89. The number of thiazole rings is 1. The van der Waals surface area contributed by atoms with Crippen LogP contribution in [0, 0.1) is 5.92 Å². The van der Waals surface area contributed by atoms with E-state index >= 15 is 0 Å². The second kappa shape index (κ2) is 16.5. The zero-order chi connectivity index (χ0) is 37.6. The molecule has 1 aromatic heterocycles. The zero-order valence-electron chi connectivity index (χ0n) is 28.9. The number of fused-ring (bicyclic) bond motifs is 1. The van der Waals surface area contributed by atoms with Gasteiger partial charge in [-0.2, -0.15) is 4.31 Å². The lowest BCUT2D eigenvalue weighted by Crippen LogP contribution is -2.49. The number of alkyl carbamates (subject to hydrolysis) is 1. The van der Waals surface area contributed by atoms with Crippen molar-refractivity contribution in [1.29, 1.82) is 0 Å². The molecule has 2 atom stereocenters. The Morgan fingerprint density at radius 2 is 1.62 bits per heavy atom. The largest absolute Gasteiger partial charge is 0.453 e. The van der Waals surface area contributed by atoms with Crippen LogP contribution < -0.4 is 10.6 Å². The van der Waals surface area contributed by atoms with Crippen molar-refractivity contribution in [1.82, 2.24) is 14.6 Å². The standard InChI is InChI=1S/C39H40F2N4O6S2/c1-51-38(48)44-36(35(28-11-4-2-5-12-28)29-13-6-3-7-14-29)37(47)43-32-15-9-8-10-27(32)16-17-30(24-46)45(23-26-21-39(40,41)22-26)53(49,50)31-18-19-33-34(20-31)52-25-42-33/h2-15,18-20,25-26,30,35-36,46H,16-17,21-24H2,1H3,(H,43,47)(H,44,48)/t30-,36-/m0/s1. The first kappa shape index (κ1) is 38.0. The highest BCUT2D eigenvalue weighted by atomic mass is 32.2. The van der Waals surface area contributed by atoms with E-state index in [-0.39, 0.29) is 24.3 Å². The number of alkyl halides is 2. The van der Waals surface area contributed by atoms with Crippen LogP contribution in [0.5, 0.6) is 0 Å². The fourth-order valence-corrected chi connectivity index (χ4v) is 9.39. The highest BCUT2D eigenvalue weighted by Gasteiger charge is 2.47. The summed E-state index contributed by atoms with van der Waals surface area (Å²) in [5.41, 5.74) is 4.89. The molecular weight excluding hydrogens is 723 g/mol. The molecule has 53 heavy (non-hydrogen) atoms. The minimum atomic E-state index is -4.23. The molecule has 10 nitrogen and oxygen atoms in total. The van der Waals surface area contributed by atoms with Gasteiger partial charge in [0.05, 0.1) is 34.3 Å². The molecule has 6 rings (SSSR count). The number of benzene rings is 4. The molecule has 3 N–H and O–H groups in total. The first-order chi connectivity index (χ1) is 25.5. The van der Waals surface area contributed by atoms with E-state index in [9.17, 15) is 31.9 Å². The van der Waals surface area contributed by atoms with Gasteiger partial charge in [-0.3, -0.25) is 4.79 Å². The zero-order valence-corrected chi connectivity index (χ0v) is 30.5. The molecule has 1 aliphatic rings. The number of aliphatic hydroxyl groups is 1. The lowest BCUT2D eigenvalue weighted by molar-refractivity contribution is -0.118. The number of halogens is 2. The quantitative estimate of drug-likeness (QED) is 0.106. The van der Waals surface area contributed by atoms with Crippen molar-refractivity contribution in [2.45, 2.75) is 54.5 Å². The number of para-hydroxylation sites is 1. The lowest BCUT2D eigenvalue weighted by Gasteiger charge is -2.40. The number of rotatable bonds is 15. The summed E-state index contributed by atoms with van der Waals surface area (Å²) in [7, 11) is -3.01. The van der Waals surface area contributed by atoms with Crippen LogP contribution >= 0.6 is 11.3 Å². The first-order valence-corrected chi connectivity index (χ1v) is 19.5. The van der Waals surface area contributed by atoms with E-state index in [1.807, 2.05) is 60.7 Å². The van der Waals surface area contributed by atoms with Crippen LogP contribution in [0.25, 0.3) is 10.2 Å². The van der Waals surface area contributed by atoms with Gasteiger partial charge in [-0.1, -0.05) is 78.9 Å². The molecule has 5 aromatic rings. The summed E-state index contributed by atoms with van der Waals surface area (Å²) in [6.45, 7) is -0.732. The number of aromatic nitrogens is 1. The molecule has 0 saturated heterocycles. The number of methoxy groups -OCH3 is 1. The third kappa shape index (κ3) is 8.90. The van der Waals surface area contributed by atoms with Crippen molar-refractivity contribution in [2.75, 3.05) is 25.6 Å². The molecule has 0 unspecified atom stereocenters. The Morgan fingerprint density at radius 3 is 2.25 bits per heavy atom. The Bertz CT molecular complexity index is 2090. The van der Waals surface area contributed by atoms with Crippen LogP contribution in [-0.4, -0.2) is 73.1 Å². The average molecular weight is 763 g/mol. The van der Waals surface area contributed by atoms with E-state index in [1.165, 1.54) is 30.6 Å². The van der Waals surface area contributed by atoms with Crippen LogP contribution in [0.1, 0.15) is 41.9 Å². The maximum Gasteiger partial charge on any atom is 0.407 e. The summed E-state index contributed by atoms with van der Waals surface area (Å²) >= 11 is 1.28. The van der Waals surface area contributed by atoms with Crippen molar-refractivity contribution in [3.63, 3.8) is 0 Å². The molecule has 2 amide bonds. The summed E-state index contributed by atoms with van der Waals surface area (Å²) in [5.74, 6) is -4.54. The predicted molar refractivity (Wildman–Crippen MR) is 200 cm³/mol. The summed E-state index contributed by atoms with van der Waals surface area (Å²) < 4.78 is 62.8. The van der Waals surface area contributed by atoms with Crippen molar-refractivity contribution < 1.29 is 36.6 Å². The van der Waals surface area contributed by atoms with E-state index < -0.39 is 71.3 Å². The fourth-order valence-electron chi connectivity index (χ4n) is 6.85. The number of carbonyl (C=O) groups excluding carboxylic acids is 2.